The fourth-order valence-corrected chi connectivity index (χ4v) is 8.62. The average molecular weight is 859 g/mol. The molecule has 0 aromatic heterocycles. The zero-order valence-corrected chi connectivity index (χ0v) is 35.6. The second kappa shape index (κ2) is 18.5. The third-order valence-corrected chi connectivity index (χ3v) is 11.9. The average Bonchev–Trinajstić information content (AvgIpc) is 3.66. The Bertz CT molecular complexity index is 2850. The monoisotopic (exact) mass is 858 g/mol. The van der Waals surface area contributed by atoms with Crippen LogP contribution >= 0.6 is 0 Å². The van der Waals surface area contributed by atoms with Crippen LogP contribution in [-0.4, -0.2) is 60.8 Å². The van der Waals surface area contributed by atoms with E-state index < -0.39 is 29.6 Å². The second-order valence-corrected chi connectivity index (χ2v) is 16.1. The third kappa shape index (κ3) is 8.65. The lowest BCUT2D eigenvalue weighted by Crippen LogP contribution is -2.28. The van der Waals surface area contributed by atoms with Crippen LogP contribution in [0.15, 0.2) is 183 Å². The van der Waals surface area contributed by atoms with Gasteiger partial charge in [-0.3, -0.25) is 0 Å². The number of esters is 2. The molecular formula is C57H46O8. The molecule has 0 spiro atoms. The van der Waals surface area contributed by atoms with Gasteiger partial charge < -0.3 is 29.2 Å². The van der Waals surface area contributed by atoms with Crippen LogP contribution in [0.5, 0.6) is 11.5 Å². The van der Waals surface area contributed by atoms with Crippen molar-refractivity contribution >= 4 is 45.6 Å². The van der Waals surface area contributed by atoms with Crippen molar-refractivity contribution in [3.63, 3.8) is 0 Å². The van der Waals surface area contributed by atoms with E-state index in [0.717, 1.165) is 43.8 Å². The van der Waals surface area contributed by atoms with Gasteiger partial charge >= 0.3 is 11.9 Å². The molecule has 2 unspecified atom stereocenters. The summed E-state index contributed by atoms with van der Waals surface area (Å²) in [7, 11) is 0. The minimum Gasteiger partial charge on any atom is -0.491 e. The van der Waals surface area contributed by atoms with Crippen LogP contribution in [0, 0.1) is 0 Å². The van der Waals surface area contributed by atoms with Gasteiger partial charge in [-0.05, 0) is 127 Å². The van der Waals surface area contributed by atoms with Crippen LogP contribution in [0.4, 0.5) is 0 Å². The third-order valence-electron chi connectivity index (χ3n) is 11.9. The van der Waals surface area contributed by atoms with Crippen LogP contribution in [0.25, 0.3) is 44.8 Å². The number of hydrogen-bond donors (Lipinski definition) is 2. The molecule has 8 heteroatoms. The molecule has 0 bridgehead atoms. The molecule has 0 saturated heterocycles. The molecule has 322 valence electrons. The van der Waals surface area contributed by atoms with Crippen LogP contribution in [0.1, 0.15) is 54.1 Å². The highest BCUT2D eigenvalue weighted by atomic mass is 16.6. The zero-order valence-electron chi connectivity index (χ0n) is 35.6. The van der Waals surface area contributed by atoms with E-state index in [1.54, 1.807) is 60.7 Å². The van der Waals surface area contributed by atoms with Gasteiger partial charge in [0.2, 0.25) is 0 Å². The number of ether oxygens (including phenoxy) is 4. The van der Waals surface area contributed by atoms with Crippen LogP contribution < -0.4 is 9.47 Å². The molecule has 9 rings (SSSR count). The summed E-state index contributed by atoms with van der Waals surface area (Å²) in [5, 5.41) is 25.2. The van der Waals surface area contributed by atoms with Crippen molar-refractivity contribution in [2.75, 3.05) is 26.4 Å². The van der Waals surface area contributed by atoms with Crippen LogP contribution in [0.3, 0.4) is 0 Å². The van der Waals surface area contributed by atoms with Crippen molar-refractivity contribution in [2.24, 2.45) is 0 Å². The van der Waals surface area contributed by atoms with Crippen molar-refractivity contribution in [2.45, 2.75) is 17.6 Å². The van der Waals surface area contributed by atoms with Crippen LogP contribution in [0.2, 0.25) is 0 Å². The second-order valence-electron chi connectivity index (χ2n) is 16.1. The van der Waals surface area contributed by atoms with Gasteiger partial charge in [0.25, 0.3) is 0 Å². The Morgan fingerprint density at radius 2 is 0.862 bits per heavy atom. The highest BCUT2D eigenvalue weighted by Crippen LogP contribution is 2.56. The Kier molecular flexibility index (Phi) is 12.1. The Morgan fingerprint density at radius 3 is 1.28 bits per heavy atom. The molecule has 8 nitrogen and oxygen atoms in total. The lowest BCUT2D eigenvalue weighted by Gasteiger charge is -2.34. The largest absolute Gasteiger partial charge is 0.491 e. The molecule has 2 atom stereocenters. The molecule has 0 amide bonds. The summed E-state index contributed by atoms with van der Waals surface area (Å²) < 4.78 is 22.6. The van der Waals surface area contributed by atoms with Crippen molar-refractivity contribution < 1.29 is 38.7 Å². The first kappa shape index (κ1) is 42.5. The summed E-state index contributed by atoms with van der Waals surface area (Å²) in [6, 6.07) is 55.8. The predicted octanol–water partition coefficient (Wildman–Crippen LogP) is 10.8. The van der Waals surface area contributed by atoms with E-state index in [1.165, 1.54) is 22.3 Å². The Balaban J connectivity index is 0.937. The highest BCUT2D eigenvalue weighted by Gasteiger charge is 2.46. The van der Waals surface area contributed by atoms with Crippen molar-refractivity contribution in [1.82, 2.24) is 0 Å². The van der Waals surface area contributed by atoms with E-state index in [2.05, 4.69) is 98.1 Å². The maximum absolute atomic E-state index is 12.5. The van der Waals surface area contributed by atoms with Gasteiger partial charge in [0.05, 0.1) is 16.5 Å². The summed E-state index contributed by atoms with van der Waals surface area (Å²) in [6.07, 6.45) is 1.36. The van der Waals surface area contributed by atoms with Gasteiger partial charge in [0.15, 0.2) is 0 Å². The predicted molar refractivity (Wildman–Crippen MR) is 255 cm³/mol. The van der Waals surface area contributed by atoms with Crippen molar-refractivity contribution in [3.05, 3.63) is 228 Å². The lowest BCUT2D eigenvalue weighted by molar-refractivity contribution is 0.0127. The topological polar surface area (TPSA) is 112 Å². The number of carbonyl (C=O) groups excluding carboxylic acids is 2. The smallest absolute Gasteiger partial charge is 0.338 e. The van der Waals surface area contributed by atoms with Crippen molar-refractivity contribution in [1.29, 1.82) is 0 Å². The number of hydrogen-bond acceptors (Lipinski definition) is 8. The summed E-state index contributed by atoms with van der Waals surface area (Å²) in [4.78, 5) is 25.0. The molecule has 0 heterocycles. The standard InChI is InChI=1S/C57H46O8/c1-3-37-13-17-39(18-14-37)55(60)64-35-47(58)33-62-49-27-23-41-29-45(25-21-43(41)31-49)57(53-11-7-5-9-51(53)52-10-6-8-12-54(52)57)46-26-22-44-32-50(28-24-42(44)30-46)63-34-48(59)36-65-56(61)40-19-15-38(4-2)16-20-40/h3-32,47-48,58-59H,1-2,33-36H2. The maximum Gasteiger partial charge on any atom is 0.338 e. The summed E-state index contributed by atoms with van der Waals surface area (Å²) in [5.41, 5.74) is 8.87. The minimum atomic E-state index is -1.02. The number of rotatable bonds is 16. The molecule has 0 radical (unpaired) electrons. The highest BCUT2D eigenvalue weighted by molar-refractivity contribution is 5.93. The molecule has 0 fully saturated rings. The van der Waals surface area contributed by atoms with Gasteiger partial charge in [-0.15, -0.1) is 0 Å². The quantitative estimate of drug-likeness (QED) is 0.0924. The zero-order chi connectivity index (χ0) is 44.9. The molecule has 1 aliphatic rings. The van der Waals surface area contributed by atoms with E-state index in [1.807, 2.05) is 36.4 Å². The number of benzene rings is 8. The van der Waals surface area contributed by atoms with E-state index in [9.17, 15) is 19.8 Å². The number of aliphatic hydroxyl groups is 2. The molecule has 8 aromatic rings. The molecule has 65 heavy (non-hydrogen) atoms. The number of fused-ring (bicyclic) bond motifs is 5. The molecule has 8 aromatic carbocycles. The molecule has 0 saturated carbocycles. The summed E-state index contributed by atoms with van der Waals surface area (Å²) >= 11 is 0. The van der Waals surface area contributed by atoms with E-state index in [4.69, 9.17) is 18.9 Å². The summed E-state index contributed by atoms with van der Waals surface area (Å²) in [6.45, 7) is 6.95. The van der Waals surface area contributed by atoms with Gasteiger partial charge in [0, 0.05) is 0 Å². The first-order valence-corrected chi connectivity index (χ1v) is 21.4. The van der Waals surface area contributed by atoms with E-state index in [0.29, 0.717) is 22.6 Å². The maximum atomic E-state index is 12.5. The molecule has 1 aliphatic carbocycles. The Labute approximate surface area is 377 Å². The minimum absolute atomic E-state index is 0.0511. The van der Waals surface area contributed by atoms with Gasteiger partial charge in [0.1, 0.15) is 50.1 Å². The van der Waals surface area contributed by atoms with E-state index in [-0.39, 0.29) is 26.4 Å². The molecular weight excluding hydrogens is 813 g/mol. The first-order chi connectivity index (χ1) is 31.7. The fraction of sp³-hybridized carbons (Fsp3) is 0.123. The van der Waals surface area contributed by atoms with Gasteiger partial charge in [-0.25, -0.2) is 9.59 Å². The van der Waals surface area contributed by atoms with E-state index >= 15 is 0 Å². The normalized spacial score (nSPS) is 13.3. The van der Waals surface area contributed by atoms with Crippen molar-refractivity contribution in [3.8, 4) is 22.6 Å². The van der Waals surface area contributed by atoms with Crippen LogP contribution in [-0.2, 0) is 14.9 Å². The first-order valence-electron chi connectivity index (χ1n) is 21.4. The molecule has 0 aliphatic heterocycles. The van der Waals surface area contributed by atoms with Gasteiger partial charge in [-0.2, -0.15) is 0 Å². The van der Waals surface area contributed by atoms with Gasteiger partial charge in [-0.1, -0.05) is 135 Å². The molecule has 2 N–H and O–H groups in total. The Morgan fingerprint density at radius 1 is 0.477 bits per heavy atom. The summed E-state index contributed by atoms with van der Waals surface area (Å²) in [5.74, 6) is 0.133. The number of carbonyl (C=O) groups is 2. The fourth-order valence-electron chi connectivity index (χ4n) is 8.62. The SMILES string of the molecule is C=Cc1ccc(C(=O)OCC(O)COc2ccc3cc(C4(c5ccc6cc(OCC(O)COC(=O)c7ccc(C=C)cc7)ccc6c5)c5ccccc5-c5ccccc54)ccc3c2)cc1. The Hall–Kier alpha value is -7.78. The lowest BCUT2D eigenvalue weighted by atomic mass is 9.67. The number of aliphatic hydroxyl groups excluding tert-OH is 2.